The summed E-state index contributed by atoms with van der Waals surface area (Å²) in [6, 6.07) is 9.90. The van der Waals surface area contributed by atoms with Crippen molar-refractivity contribution < 1.29 is 12.7 Å². The molecule has 0 N–H and O–H groups in total. The minimum absolute atomic E-state index is 0.0186. The molecule has 152 valence electrons. The topological polar surface area (TPSA) is 79.5 Å². The van der Waals surface area contributed by atoms with Crippen molar-refractivity contribution in [2.24, 2.45) is 4.53 Å². The number of allylic oxidation sites excluding steroid dienone is 2. The van der Waals surface area contributed by atoms with Crippen LogP contribution in [0, 0.1) is 18.3 Å². The van der Waals surface area contributed by atoms with E-state index in [0.717, 1.165) is 35.3 Å². The molecule has 28 heavy (non-hydrogen) atoms. The smallest absolute Gasteiger partial charge is 0.197 e. The van der Waals surface area contributed by atoms with Crippen molar-refractivity contribution in [3.8, 4) is 6.07 Å². The van der Waals surface area contributed by atoms with Gasteiger partial charge in [-0.1, -0.05) is 73.9 Å². The Morgan fingerprint density at radius 2 is 1.93 bits per heavy atom. The van der Waals surface area contributed by atoms with Gasteiger partial charge in [0.2, 0.25) is 0 Å². The largest absolute Gasteiger partial charge is 0.290 e. The molecule has 1 unspecified atom stereocenters. The SMILES string of the molecule is CCCCCCCCS(=O)(=O)O/N=S1\CC=C\C1=C(/C#N)c1ccccc1C. The average Bonchev–Trinajstić information content (AvgIpc) is 3.13. The molecule has 0 aliphatic carbocycles. The van der Waals surface area contributed by atoms with Crippen LogP contribution < -0.4 is 0 Å². The number of nitrogens with zero attached hydrogens (tertiary/aromatic N) is 2. The standard InChI is InChI=1S/C21H28N2O3S2/c1-3-4-5-6-7-10-16-28(24,25)26-23-27-15-11-14-21(27)20(17-22)19-13-9-8-12-18(19)2/h8-9,11-14H,3-7,10,15-16H2,1-2H3/b21-20-. The van der Waals surface area contributed by atoms with E-state index in [1.165, 1.54) is 12.8 Å². The van der Waals surface area contributed by atoms with E-state index >= 15 is 0 Å². The van der Waals surface area contributed by atoms with Crippen molar-refractivity contribution in [1.82, 2.24) is 0 Å². The molecule has 2 rings (SSSR count). The van der Waals surface area contributed by atoms with Crippen LogP contribution in [0.5, 0.6) is 0 Å². The summed E-state index contributed by atoms with van der Waals surface area (Å²) in [6.07, 6.45) is 9.76. The quantitative estimate of drug-likeness (QED) is 0.295. The predicted octanol–water partition coefficient (Wildman–Crippen LogP) is 5.22. The van der Waals surface area contributed by atoms with E-state index in [1.54, 1.807) is 0 Å². The Labute approximate surface area is 171 Å². The van der Waals surface area contributed by atoms with E-state index < -0.39 is 20.8 Å². The fourth-order valence-electron chi connectivity index (χ4n) is 2.97. The van der Waals surface area contributed by atoms with Crippen LogP contribution in [0.2, 0.25) is 0 Å². The zero-order valence-corrected chi connectivity index (χ0v) is 18.2. The molecule has 1 atom stereocenters. The number of unbranched alkanes of at least 4 members (excludes halogenated alkanes) is 5. The zero-order valence-electron chi connectivity index (χ0n) is 16.6. The first-order valence-electron chi connectivity index (χ1n) is 9.68. The molecule has 0 fully saturated rings. The molecule has 1 aromatic carbocycles. The molecule has 0 saturated heterocycles. The Kier molecular flexibility index (Phi) is 9.10. The molecule has 0 aromatic heterocycles. The van der Waals surface area contributed by atoms with Crippen molar-refractivity contribution in [2.45, 2.75) is 52.4 Å². The molecular formula is C21H28N2O3S2. The van der Waals surface area contributed by atoms with E-state index in [1.807, 2.05) is 43.3 Å². The highest BCUT2D eigenvalue weighted by Gasteiger charge is 2.19. The summed E-state index contributed by atoms with van der Waals surface area (Å²) < 4.78 is 33.2. The Balaban J connectivity index is 2.07. The summed E-state index contributed by atoms with van der Waals surface area (Å²) in [4.78, 5) is 0.728. The Morgan fingerprint density at radius 1 is 1.21 bits per heavy atom. The molecule has 0 radical (unpaired) electrons. The minimum Gasteiger partial charge on any atom is -0.197 e. The number of rotatable bonds is 10. The van der Waals surface area contributed by atoms with Gasteiger partial charge in [-0.3, -0.25) is 0 Å². The van der Waals surface area contributed by atoms with Gasteiger partial charge in [-0.2, -0.15) is 13.7 Å². The van der Waals surface area contributed by atoms with Crippen LogP contribution in [0.3, 0.4) is 0 Å². The lowest BCUT2D eigenvalue weighted by atomic mass is 10.0. The summed E-state index contributed by atoms with van der Waals surface area (Å²) in [5.41, 5.74) is 2.36. The monoisotopic (exact) mass is 420 g/mol. The second-order valence-corrected chi connectivity index (χ2v) is 10.1. The maximum atomic E-state index is 12.1. The third kappa shape index (κ3) is 6.69. The van der Waals surface area contributed by atoms with Gasteiger partial charge in [-0.15, -0.1) is 4.28 Å². The Morgan fingerprint density at radius 3 is 2.64 bits per heavy atom. The fourth-order valence-corrected chi connectivity index (χ4v) is 5.51. The number of hydrogen-bond donors (Lipinski definition) is 0. The lowest BCUT2D eigenvalue weighted by molar-refractivity contribution is 0.345. The molecule has 0 spiro atoms. The lowest BCUT2D eigenvalue weighted by Crippen LogP contribution is -2.08. The zero-order chi connectivity index (χ0) is 20.4. The molecule has 0 amide bonds. The van der Waals surface area contributed by atoms with E-state index in [-0.39, 0.29) is 5.75 Å². The van der Waals surface area contributed by atoms with E-state index in [2.05, 4.69) is 17.5 Å². The highest BCUT2D eigenvalue weighted by atomic mass is 32.2. The Bertz CT molecular complexity index is 910. The molecule has 7 heteroatoms. The molecule has 1 aromatic rings. The van der Waals surface area contributed by atoms with E-state index in [4.69, 9.17) is 4.28 Å². The number of hydrogen-bond acceptors (Lipinski definition) is 5. The van der Waals surface area contributed by atoms with Gasteiger partial charge < -0.3 is 0 Å². The summed E-state index contributed by atoms with van der Waals surface area (Å²) in [7, 11) is -4.48. The van der Waals surface area contributed by atoms with Gasteiger partial charge in [0.05, 0.1) is 11.3 Å². The second kappa shape index (κ2) is 11.3. The first-order valence-corrected chi connectivity index (χ1v) is 12.6. The fraction of sp³-hybridized carbons (Fsp3) is 0.476. The summed E-state index contributed by atoms with van der Waals surface area (Å²) in [5, 5.41) is 9.68. The van der Waals surface area contributed by atoms with Crippen LogP contribution in [0.1, 0.15) is 56.6 Å². The van der Waals surface area contributed by atoms with Gasteiger partial charge in [-0.25, -0.2) is 0 Å². The van der Waals surface area contributed by atoms with Crippen LogP contribution in [-0.4, -0.2) is 19.9 Å². The number of benzene rings is 1. The highest BCUT2D eigenvalue weighted by Crippen LogP contribution is 2.28. The maximum Gasteiger partial charge on any atom is 0.290 e. The number of nitriles is 1. The molecular weight excluding hydrogens is 392 g/mol. The molecule has 1 aliphatic heterocycles. The summed E-state index contributed by atoms with van der Waals surface area (Å²) >= 11 is 0. The number of aryl methyl sites for hydroxylation is 1. The first kappa shape index (κ1) is 22.5. The van der Waals surface area contributed by atoms with Crippen molar-refractivity contribution >= 4 is 26.4 Å². The van der Waals surface area contributed by atoms with Crippen molar-refractivity contribution in [2.75, 3.05) is 11.5 Å². The predicted molar refractivity (Wildman–Crippen MR) is 116 cm³/mol. The van der Waals surface area contributed by atoms with Crippen LogP contribution in [0.4, 0.5) is 0 Å². The molecule has 1 heterocycles. The maximum absolute atomic E-state index is 12.1. The summed E-state index contributed by atoms with van der Waals surface area (Å²) in [5.74, 6) is 0.536. The second-order valence-electron chi connectivity index (χ2n) is 6.78. The van der Waals surface area contributed by atoms with Crippen LogP contribution in [0.15, 0.2) is 45.8 Å². The van der Waals surface area contributed by atoms with Crippen LogP contribution in [-0.2, 0) is 25.1 Å². The van der Waals surface area contributed by atoms with Gasteiger partial charge in [-0.05, 0) is 41.2 Å². The van der Waals surface area contributed by atoms with E-state index in [0.29, 0.717) is 17.7 Å². The van der Waals surface area contributed by atoms with Gasteiger partial charge in [0.15, 0.2) is 0 Å². The van der Waals surface area contributed by atoms with Gasteiger partial charge >= 0.3 is 0 Å². The normalized spacial score (nSPS) is 18.4. The van der Waals surface area contributed by atoms with Crippen molar-refractivity contribution in [3.63, 3.8) is 0 Å². The van der Waals surface area contributed by atoms with Gasteiger partial charge in [0, 0.05) is 10.7 Å². The third-order valence-electron chi connectivity index (χ3n) is 4.53. The molecule has 1 aliphatic rings. The third-order valence-corrected chi connectivity index (χ3v) is 7.33. The molecule has 5 nitrogen and oxygen atoms in total. The van der Waals surface area contributed by atoms with Crippen molar-refractivity contribution in [3.05, 3.63) is 52.4 Å². The molecule has 0 bridgehead atoms. The van der Waals surface area contributed by atoms with Crippen LogP contribution in [0.25, 0.3) is 5.57 Å². The molecule has 0 saturated carbocycles. The highest BCUT2D eigenvalue weighted by molar-refractivity contribution is 7.92. The summed E-state index contributed by atoms with van der Waals surface area (Å²) in [6.45, 7) is 4.10. The Hall–Kier alpha value is -1.75. The van der Waals surface area contributed by atoms with Gasteiger partial charge in [0.1, 0.15) is 6.07 Å². The van der Waals surface area contributed by atoms with Crippen LogP contribution >= 0.6 is 0 Å². The average molecular weight is 421 g/mol. The van der Waals surface area contributed by atoms with Gasteiger partial charge in [0.25, 0.3) is 10.1 Å². The van der Waals surface area contributed by atoms with Crippen molar-refractivity contribution in [1.29, 1.82) is 5.26 Å². The van der Waals surface area contributed by atoms with E-state index in [9.17, 15) is 13.7 Å². The minimum atomic E-state index is -3.68. The lowest BCUT2D eigenvalue weighted by Gasteiger charge is -2.08. The first-order chi connectivity index (χ1) is 13.5.